The van der Waals surface area contributed by atoms with Crippen molar-refractivity contribution in [1.29, 1.82) is 0 Å². The maximum absolute atomic E-state index is 12.5. The lowest BCUT2D eigenvalue weighted by Crippen LogP contribution is -2.49. The van der Waals surface area contributed by atoms with Crippen LogP contribution in [-0.4, -0.2) is 66.5 Å². The maximum atomic E-state index is 12.5. The standard InChI is InChI=1S/C26H28N4O4/c1-32-20-11-12-21(17-20)34-24-22-9-5-6-10-23(22)27-25(28-24)29-13-15-30(16-14-29)26(31)33-18-19-7-3-2-4-8-19/h2-12,20-21H,13-18H2,1H3/t20-,21+/m1/s1. The van der Waals surface area contributed by atoms with Crippen LogP contribution < -0.4 is 9.64 Å². The fourth-order valence-corrected chi connectivity index (χ4v) is 4.21. The number of rotatable bonds is 6. The number of methoxy groups -OCH3 is 1. The Bertz CT molecular complexity index is 1160. The van der Waals surface area contributed by atoms with E-state index in [4.69, 9.17) is 24.2 Å². The number of aromatic nitrogens is 2. The number of amides is 1. The lowest BCUT2D eigenvalue weighted by Gasteiger charge is -2.34. The number of nitrogens with zero attached hydrogens (tertiary/aromatic N) is 4. The average molecular weight is 461 g/mol. The minimum Gasteiger partial charge on any atom is -0.469 e. The molecule has 1 fully saturated rings. The Hall–Kier alpha value is -3.65. The molecule has 0 saturated carbocycles. The van der Waals surface area contributed by atoms with Gasteiger partial charge in [0.05, 0.1) is 17.0 Å². The minimum atomic E-state index is -0.298. The zero-order chi connectivity index (χ0) is 23.3. The van der Waals surface area contributed by atoms with Gasteiger partial charge in [-0.15, -0.1) is 0 Å². The molecule has 176 valence electrons. The number of hydrogen-bond donors (Lipinski definition) is 0. The van der Waals surface area contributed by atoms with E-state index in [-0.39, 0.29) is 24.9 Å². The molecule has 34 heavy (non-hydrogen) atoms. The van der Waals surface area contributed by atoms with Crippen LogP contribution >= 0.6 is 0 Å². The van der Waals surface area contributed by atoms with E-state index in [1.807, 2.05) is 66.7 Å². The normalized spacial score (nSPS) is 20.0. The molecule has 0 bridgehead atoms. The molecular formula is C26H28N4O4. The smallest absolute Gasteiger partial charge is 0.410 e. The van der Waals surface area contributed by atoms with Crippen molar-refractivity contribution in [2.75, 3.05) is 38.2 Å². The minimum absolute atomic E-state index is 0.0623. The number of fused-ring (bicyclic) bond motifs is 1. The molecule has 3 aromatic rings. The van der Waals surface area contributed by atoms with Crippen LogP contribution in [0.2, 0.25) is 0 Å². The monoisotopic (exact) mass is 460 g/mol. The van der Waals surface area contributed by atoms with Gasteiger partial charge >= 0.3 is 6.09 Å². The van der Waals surface area contributed by atoms with Gasteiger partial charge in [-0.3, -0.25) is 0 Å². The highest BCUT2D eigenvalue weighted by atomic mass is 16.6. The molecule has 1 aromatic heterocycles. The van der Waals surface area contributed by atoms with Gasteiger partial charge in [0.1, 0.15) is 12.7 Å². The number of benzene rings is 2. The predicted molar refractivity (Wildman–Crippen MR) is 129 cm³/mol. The van der Waals surface area contributed by atoms with Crippen LogP contribution in [0.15, 0.2) is 66.7 Å². The van der Waals surface area contributed by atoms with Crippen molar-refractivity contribution < 1.29 is 19.0 Å². The van der Waals surface area contributed by atoms with Crippen LogP contribution in [0, 0.1) is 0 Å². The van der Waals surface area contributed by atoms with Crippen molar-refractivity contribution in [1.82, 2.24) is 14.9 Å². The van der Waals surface area contributed by atoms with E-state index in [2.05, 4.69) is 4.90 Å². The van der Waals surface area contributed by atoms with Gasteiger partial charge in [0.2, 0.25) is 11.8 Å². The fraction of sp³-hybridized carbons (Fsp3) is 0.346. The first-order valence-corrected chi connectivity index (χ1v) is 11.5. The number of piperazine rings is 1. The highest BCUT2D eigenvalue weighted by Gasteiger charge is 2.26. The van der Waals surface area contributed by atoms with Gasteiger partial charge in [-0.05, 0) is 23.8 Å². The Kier molecular flexibility index (Phi) is 6.58. The first kappa shape index (κ1) is 22.2. The van der Waals surface area contributed by atoms with Gasteiger partial charge in [0.25, 0.3) is 0 Å². The van der Waals surface area contributed by atoms with Gasteiger partial charge < -0.3 is 24.0 Å². The Morgan fingerprint density at radius 3 is 2.44 bits per heavy atom. The van der Waals surface area contributed by atoms with Gasteiger partial charge in [-0.25, -0.2) is 9.78 Å². The summed E-state index contributed by atoms with van der Waals surface area (Å²) in [5.41, 5.74) is 1.80. The molecule has 2 heterocycles. The Balaban J connectivity index is 1.25. The third-order valence-electron chi connectivity index (χ3n) is 6.15. The van der Waals surface area contributed by atoms with E-state index in [0.29, 0.717) is 38.0 Å². The van der Waals surface area contributed by atoms with Crippen molar-refractivity contribution in [2.45, 2.75) is 25.2 Å². The fourth-order valence-electron chi connectivity index (χ4n) is 4.21. The van der Waals surface area contributed by atoms with Gasteiger partial charge in [0, 0.05) is 39.7 Å². The summed E-state index contributed by atoms with van der Waals surface area (Å²) in [4.78, 5) is 25.9. The number of carbonyl (C=O) groups is 1. The third-order valence-corrected chi connectivity index (χ3v) is 6.15. The first-order valence-electron chi connectivity index (χ1n) is 11.5. The molecule has 2 atom stereocenters. The van der Waals surface area contributed by atoms with Crippen molar-refractivity contribution in [3.8, 4) is 5.88 Å². The van der Waals surface area contributed by atoms with Crippen LogP contribution in [0.4, 0.5) is 10.7 Å². The molecule has 0 radical (unpaired) electrons. The molecule has 0 unspecified atom stereocenters. The zero-order valence-electron chi connectivity index (χ0n) is 19.2. The van der Waals surface area contributed by atoms with Crippen LogP contribution in [0.3, 0.4) is 0 Å². The molecule has 1 aliphatic carbocycles. The summed E-state index contributed by atoms with van der Waals surface area (Å²) in [7, 11) is 1.70. The highest BCUT2D eigenvalue weighted by molar-refractivity contribution is 5.84. The van der Waals surface area contributed by atoms with Crippen LogP contribution in [0.25, 0.3) is 10.9 Å². The van der Waals surface area contributed by atoms with Crippen LogP contribution in [0.1, 0.15) is 12.0 Å². The first-order chi connectivity index (χ1) is 16.7. The molecule has 1 amide bonds. The van der Waals surface area contributed by atoms with Crippen LogP contribution in [-0.2, 0) is 16.1 Å². The van der Waals surface area contributed by atoms with E-state index >= 15 is 0 Å². The Labute approximate surface area is 198 Å². The van der Waals surface area contributed by atoms with Crippen LogP contribution in [0.5, 0.6) is 5.88 Å². The number of carbonyl (C=O) groups excluding carboxylic acids is 1. The molecule has 5 rings (SSSR count). The third kappa shape index (κ3) is 4.97. The molecule has 0 spiro atoms. The lowest BCUT2D eigenvalue weighted by molar-refractivity contribution is 0.0940. The summed E-state index contributed by atoms with van der Waals surface area (Å²) in [6.45, 7) is 2.59. The van der Waals surface area contributed by atoms with Gasteiger partial charge in [-0.1, -0.05) is 48.5 Å². The van der Waals surface area contributed by atoms with E-state index in [1.165, 1.54) is 0 Å². The summed E-state index contributed by atoms with van der Waals surface area (Å²) in [5.74, 6) is 1.17. The van der Waals surface area contributed by atoms with Crippen molar-refractivity contribution in [3.63, 3.8) is 0 Å². The number of hydrogen-bond acceptors (Lipinski definition) is 7. The molecule has 1 saturated heterocycles. The van der Waals surface area contributed by atoms with Crippen molar-refractivity contribution in [2.24, 2.45) is 0 Å². The Morgan fingerprint density at radius 1 is 0.941 bits per heavy atom. The largest absolute Gasteiger partial charge is 0.469 e. The quantitative estimate of drug-likeness (QED) is 0.518. The SMILES string of the molecule is CO[C@@H]1C=C[C@H](Oc2nc(N3CCN(C(=O)OCc4ccccc4)CC3)nc3ccccc23)C1. The topological polar surface area (TPSA) is 77.0 Å². The lowest BCUT2D eigenvalue weighted by atomic mass is 10.2. The van der Waals surface area contributed by atoms with Crippen molar-refractivity contribution >= 4 is 22.9 Å². The molecule has 0 N–H and O–H groups in total. The summed E-state index contributed by atoms with van der Waals surface area (Å²) in [6.07, 6.45) is 4.47. The summed E-state index contributed by atoms with van der Waals surface area (Å²) < 4.78 is 17.1. The van der Waals surface area contributed by atoms with E-state index in [0.717, 1.165) is 22.9 Å². The van der Waals surface area contributed by atoms with E-state index < -0.39 is 0 Å². The van der Waals surface area contributed by atoms with E-state index in [9.17, 15) is 4.79 Å². The second-order valence-electron chi connectivity index (χ2n) is 8.41. The molecule has 2 aromatic carbocycles. The number of para-hydroxylation sites is 1. The summed E-state index contributed by atoms with van der Waals surface area (Å²) in [6, 6.07) is 17.5. The zero-order valence-corrected chi connectivity index (χ0v) is 19.2. The molecular weight excluding hydrogens is 432 g/mol. The van der Waals surface area contributed by atoms with Gasteiger partial charge in [0.15, 0.2) is 0 Å². The average Bonchev–Trinajstić information content (AvgIpc) is 3.35. The number of ether oxygens (including phenoxy) is 3. The summed E-state index contributed by atoms with van der Waals surface area (Å²) in [5, 5.41) is 0.878. The van der Waals surface area contributed by atoms with E-state index in [1.54, 1.807) is 12.0 Å². The second-order valence-corrected chi connectivity index (χ2v) is 8.41. The number of anilines is 1. The highest BCUT2D eigenvalue weighted by Crippen LogP contribution is 2.29. The molecule has 8 heteroatoms. The maximum Gasteiger partial charge on any atom is 0.410 e. The second kappa shape index (κ2) is 10.1. The summed E-state index contributed by atoms with van der Waals surface area (Å²) >= 11 is 0. The molecule has 2 aliphatic rings. The predicted octanol–water partition coefficient (Wildman–Crippen LogP) is 3.81. The molecule has 8 nitrogen and oxygen atoms in total. The Morgan fingerprint density at radius 2 is 1.68 bits per heavy atom. The van der Waals surface area contributed by atoms with Crippen molar-refractivity contribution in [3.05, 3.63) is 72.3 Å². The van der Waals surface area contributed by atoms with Gasteiger partial charge in [-0.2, -0.15) is 4.98 Å². The molecule has 1 aliphatic heterocycles.